The van der Waals surface area contributed by atoms with Crippen molar-refractivity contribution in [3.8, 4) is 0 Å². The van der Waals surface area contributed by atoms with Crippen molar-refractivity contribution in [1.82, 2.24) is 5.32 Å². The van der Waals surface area contributed by atoms with E-state index in [0.29, 0.717) is 25.3 Å². The second-order valence-electron chi connectivity index (χ2n) is 5.50. The summed E-state index contributed by atoms with van der Waals surface area (Å²) in [4.78, 5) is 4.32. The maximum atomic E-state index is 12.7. The highest BCUT2D eigenvalue weighted by atomic mass is 19.4. The van der Waals surface area contributed by atoms with Gasteiger partial charge in [0.15, 0.2) is 0 Å². The molecule has 3 nitrogen and oxygen atoms in total. The predicted octanol–water partition coefficient (Wildman–Crippen LogP) is 2.93. The Morgan fingerprint density at radius 2 is 2.19 bits per heavy atom. The molecule has 2 aliphatic heterocycles. The molecule has 0 radical (unpaired) electrons. The van der Waals surface area contributed by atoms with Crippen molar-refractivity contribution < 1.29 is 17.9 Å². The highest BCUT2D eigenvalue weighted by Gasteiger charge is 2.39. The number of hydrogen-bond donors (Lipinski definition) is 1. The first-order valence-electron chi connectivity index (χ1n) is 7.03. The van der Waals surface area contributed by atoms with Gasteiger partial charge in [0.05, 0.1) is 19.1 Å². The normalized spacial score (nSPS) is 25.2. The smallest absolute Gasteiger partial charge is 0.369 e. The molecule has 1 unspecified atom stereocenters. The number of hydrogen-bond acceptors (Lipinski definition) is 3. The largest absolute Gasteiger partial charge is 0.391 e. The SMILES string of the molecule is Cc1cccc2c1C[C@H](CC(F)(F)F)OC2C1=NCCN1. The van der Waals surface area contributed by atoms with Crippen molar-refractivity contribution >= 4 is 5.84 Å². The van der Waals surface area contributed by atoms with Crippen molar-refractivity contribution in [3.63, 3.8) is 0 Å². The molecular weight excluding hydrogens is 281 g/mol. The van der Waals surface area contributed by atoms with Gasteiger partial charge in [-0.2, -0.15) is 13.2 Å². The number of aliphatic imine (C=N–C) groups is 1. The quantitative estimate of drug-likeness (QED) is 0.911. The Morgan fingerprint density at radius 1 is 1.38 bits per heavy atom. The highest BCUT2D eigenvalue weighted by molar-refractivity contribution is 5.89. The second kappa shape index (κ2) is 5.33. The summed E-state index contributed by atoms with van der Waals surface area (Å²) >= 11 is 0. The molecule has 21 heavy (non-hydrogen) atoms. The zero-order valence-electron chi connectivity index (χ0n) is 11.7. The maximum absolute atomic E-state index is 12.7. The molecule has 2 heterocycles. The lowest BCUT2D eigenvalue weighted by Crippen LogP contribution is -2.37. The molecule has 0 saturated carbocycles. The van der Waals surface area contributed by atoms with Crippen molar-refractivity contribution in [2.75, 3.05) is 13.1 Å². The molecule has 1 aromatic rings. The predicted molar refractivity (Wildman–Crippen MR) is 73.5 cm³/mol. The van der Waals surface area contributed by atoms with Gasteiger partial charge in [-0.1, -0.05) is 18.2 Å². The first-order valence-corrected chi connectivity index (χ1v) is 7.03. The van der Waals surface area contributed by atoms with Crippen LogP contribution in [0.5, 0.6) is 0 Å². The molecule has 0 spiro atoms. The molecule has 0 amide bonds. The van der Waals surface area contributed by atoms with E-state index in [1.807, 2.05) is 25.1 Å². The first kappa shape index (κ1) is 14.4. The van der Waals surface area contributed by atoms with Crippen LogP contribution in [0.1, 0.15) is 29.2 Å². The van der Waals surface area contributed by atoms with E-state index in [9.17, 15) is 13.2 Å². The van der Waals surface area contributed by atoms with Gasteiger partial charge in [0.25, 0.3) is 0 Å². The van der Waals surface area contributed by atoms with E-state index in [1.54, 1.807) is 0 Å². The molecule has 0 aromatic heterocycles. The number of nitrogens with zero attached hydrogens (tertiary/aromatic N) is 1. The lowest BCUT2D eigenvalue weighted by atomic mass is 9.89. The second-order valence-corrected chi connectivity index (χ2v) is 5.50. The summed E-state index contributed by atoms with van der Waals surface area (Å²) < 4.78 is 43.8. The highest BCUT2D eigenvalue weighted by Crippen LogP contribution is 2.37. The number of rotatable bonds is 2. The van der Waals surface area contributed by atoms with Gasteiger partial charge >= 0.3 is 6.18 Å². The number of alkyl halides is 3. The van der Waals surface area contributed by atoms with E-state index in [0.717, 1.165) is 16.7 Å². The third-order valence-electron chi connectivity index (χ3n) is 3.90. The minimum Gasteiger partial charge on any atom is -0.369 e. The molecule has 1 N–H and O–H groups in total. The van der Waals surface area contributed by atoms with Crippen LogP contribution in [0.3, 0.4) is 0 Å². The summed E-state index contributed by atoms with van der Waals surface area (Å²) in [7, 11) is 0. The minimum absolute atomic E-state index is 0.297. The number of halogens is 3. The van der Waals surface area contributed by atoms with Gasteiger partial charge in [0.1, 0.15) is 11.9 Å². The van der Waals surface area contributed by atoms with Crippen LogP contribution in [0.15, 0.2) is 23.2 Å². The Bertz CT molecular complexity index is 569. The number of nitrogens with one attached hydrogen (secondary N) is 1. The third kappa shape index (κ3) is 3.05. The van der Waals surface area contributed by atoms with Crippen molar-refractivity contribution in [2.45, 2.75) is 38.1 Å². The molecule has 114 valence electrons. The van der Waals surface area contributed by atoms with Crippen molar-refractivity contribution in [1.29, 1.82) is 0 Å². The van der Waals surface area contributed by atoms with Crippen LogP contribution in [0, 0.1) is 6.92 Å². The number of amidine groups is 1. The average Bonchev–Trinajstić information content (AvgIpc) is 2.91. The van der Waals surface area contributed by atoms with Crippen LogP contribution < -0.4 is 5.32 Å². The summed E-state index contributed by atoms with van der Waals surface area (Å²) in [5, 5.41) is 3.11. The van der Waals surface area contributed by atoms with Crippen LogP contribution in [0.2, 0.25) is 0 Å². The molecular formula is C15H17F3N2O. The Kier molecular flexibility index (Phi) is 3.65. The summed E-state index contributed by atoms with van der Waals surface area (Å²) in [6.07, 6.45) is -6.21. The van der Waals surface area contributed by atoms with Gasteiger partial charge in [0.2, 0.25) is 0 Å². The summed E-state index contributed by atoms with van der Waals surface area (Å²) in [5.41, 5.74) is 2.90. The van der Waals surface area contributed by atoms with Crippen LogP contribution in [0.4, 0.5) is 13.2 Å². The van der Waals surface area contributed by atoms with E-state index in [-0.39, 0.29) is 0 Å². The van der Waals surface area contributed by atoms with Crippen molar-refractivity contribution in [3.05, 3.63) is 34.9 Å². The van der Waals surface area contributed by atoms with Crippen molar-refractivity contribution in [2.24, 2.45) is 4.99 Å². The monoisotopic (exact) mass is 298 g/mol. The molecule has 0 aliphatic carbocycles. The Hall–Kier alpha value is -1.56. The molecule has 0 saturated heterocycles. The third-order valence-corrected chi connectivity index (χ3v) is 3.90. The van der Waals surface area contributed by atoms with E-state index in [4.69, 9.17) is 4.74 Å². The summed E-state index contributed by atoms with van der Waals surface area (Å²) in [6, 6.07) is 5.75. The fourth-order valence-electron chi connectivity index (χ4n) is 2.97. The van der Waals surface area contributed by atoms with Crippen LogP contribution in [-0.2, 0) is 11.2 Å². The van der Waals surface area contributed by atoms with E-state index < -0.39 is 24.8 Å². The molecule has 0 bridgehead atoms. The number of aryl methyl sites for hydroxylation is 1. The topological polar surface area (TPSA) is 33.6 Å². The molecule has 6 heteroatoms. The van der Waals surface area contributed by atoms with Crippen LogP contribution in [-0.4, -0.2) is 31.2 Å². The van der Waals surface area contributed by atoms with Gasteiger partial charge in [-0.3, -0.25) is 4.99 Å². The Morgan fingerprint density at radius 3 is 2.86 bits per heavy atom. The molecule has 1 aromatic carbocycles. The van der Waals surface area contributed by atoms with Crippen LogP contribution >= 0.6 is 0 Å². The van der Waals surface area contributed by atoms with Gasteiger partial charge in [-0.05, 0) is 30.0 Å². The lowest BCUT2D eigenvalue weighted by molar-refractivity contribution is -0.165. The molecule has 2 aliphatic rings. The van der Waals surface area contributed by atoms with Gasteiger partial charge in [-0.15, -0.1) is 0 Å². The Balaban J connectivity index is 1.94. The van der Waals surface area contributed by atoms with E-state index in [1.165, 1.54) is 0 Å². The first-order chi connectivity index (χ1) is 9.94. The summed E-state index contributed by atoms with van der Waals surface area (Å²) in [6.45, 7) is 3.27. The van der Waals surface area contributed by atoms with Gasteiger partial charge in [0, 0.05) is 6.54 Å². The minimum atomic E-state index is -4.22. The molecule has 0 fully saturated rings. The fraction of sp³-hybridized carbons (Fsp3) is 0.533. The lowest BCUT2D eigenvalue weighted by Gasteiger charge is -2.33. The van der Waals surface area contributed by atoms with E-state index >= 15 is 0 Å². The number of benzene rings is 1. The Labute approximate surface area is 121 Å². The van der Waals surface area contributed by atoms with E-state index in [2.05, 4.69) is 10.3 Å². The standard InChI is InChI=1S/C15H17F3N2O/c1-9-3-2-4-11-12(9)7-10(8-15(16,17)18)21-13(11)14-19-5-6-20-14/h2-4,10,13H,5-8H2,1H3,(H,19,20)/t10-,13?/m1/s1. The number of fused-ring (bicyclic) bond motifs is 1. The average molecular weight is 298 g/mol. The van der Waals surface area contributed by atoms with Gasteiger partial charge < -0.3 is 10.1 Å². The fourth-order valence-corrected chi connectivity index (χ4v) is 2.97. The zero-order valence-corrected chi connectivity index (χ0v) is 11.7. The van der Waals surface area contributed by atoms with Gasteiger partial charge in [-0.25, -0.2) is 0 Å². The number of ether oxygens (including phenoxy) is 1. The zero-order chi connectivity index (χ0) is 15.0. The van der Waals surface area contributed by atoms with Crippen LogP contribution in [0.25, 0.3) is 0 Å². The summed E-state index contributed by atoms with van der Waals surface area (Å²) in [5.74, 6) is 0.647. The maximum Gasteiger partial charge on any atom is 0.391 e. The molecule has 2 atom stereocenters. The molecule has 3 rings (SSSR count).